The molecule has 4 nitrogen and oxygen atoms in total. The van der Waals surface area contributed by atoms with Gasteiger partial charge in [-0.05, 0) is 6.92 Å². The molecule has 0 aromatic carbocycles. The lowest BCUT2D eigenvalue weighted by molar-refractivity contribution is -0.249. The molecule has 1 atom stereocenters. The molecule has 0 aliphatic carbocycles. The zero-order chi connectivity index (χ0) is 9.99. The number of hydrogen-bond donors (Lipinski definition) is 3. The Morgan fingerprint density at radius 2 is 1.92 bits per heavy atom. The smallest absolute Gasteiger partial charge is 0.418 e. The van der Waals surface area contributed by atoms with Crippen molar-refractivity contribution in [1.82, 2.24) is 5.32 Å². The van der Waals surface area contributed by atoms with Crippen LogP contribution in [0.25, 0.3) is 0 Å². The van der Waals surface area contributed by atoms with Crippen molar-refractivity contribution in [3.63, 3.8) is 0 Å². The van der Waals surface area contributed by atoms with Crippen molar-refractivity contribution in [1.29, 1.82) is 0 Å². The molecule has 7 heteroatoms. The zero-order valence-electron chi connectivity index (χ0n) is 6.14. The Labute approximate surface area is 66.0 Å². The minimum atomic E-state index is -4.84. The highest BCUT2D eigenvalue weighted by Crippen LogP contribution is 2.28. The van der Waals surface area contributed by atoms with Crippen molar-refractivity contribution < 1.29 is 28.2 Å². The average Bonchev–Trinajstić information content (AvgIpc) is 1.81. The number of aliphatic hydroxyl groups is 1. The quantitative estimate of drug-likeness (QED) is 0.591. The number of hydrogen-bond acceptors (Lipinski definition) is 2. The van der Waals surface area contributed by atoms with Gasteiger partial charge in [-0.1, -0.05) is 0 Å². The van der Waals surface area contributed by atoms with Crippen LogP contribution in [0.2, 0.25) is 0 Å². The molecule has 0 saturated heterocycles. The highest BCUT2D eigenvalue weighted by molar-refractivity contribution is 5.64. The van der Waals surface area contributed by atoms with Gasteiger partial charge in [0.05, 0.1) is 6.54 Å². The lowest BCUT2D eigenvalue weighted by Gasteiger charge is -2.25. The van der Waals surface area contributed by atoms with E-state index in [4.69, 9.17) is 10.2 Å². The third-order valence-corrected chi connectivity index (χ3v) is 1.19. The van der Waals surface area contributed by atoms with Crippen LogP contribution < -0.4 is 5.32 Å². The first-order chi connectivity index (χ1) is 5.17. The van der Waals surface area contributed by atoms with E-state index in [9.17, 15) is 18.0 Å². The first-order valence-corrected chi connectivity index (χ1v) is 2.93. The Hall–Kier alpha value is -0.980. The van der Waals surface area contributed by atoms with Crippen LogP contribution in [0.4, 0.5) is 18.0 Å². The van der Waals surface area contributed by atoms with Gasteiger partial charge in [0.1, 0.15) is 0 Å². The molecule has 0 fully saturated rings. The summed E-state index contributed by atoms with van der Waals surface area (Å²) < 4.78 is 35.4. The number of rotatable bonds is 2. The molecule has 1 amide bonds. The third kappa shape index (κ3) is 2.95. The second kappa shape index (κ2) is 3.18. The van der Waals surface area contributed by atoms with Gasteiger partial charge in [-0.25, -0.2) is 4.79 Å². The molecule has 0 bridgehead atoms. The molecule has 0 heterocycles. The van der Waals surface area contributed by atoms with Gasteiger partial charge in [0, 0.05) is 0 Å². The first kappa shape index (κ1) is 11.0. The van der Waals surface area contributed by atoms with Crippen LogP contribution in [-0.2, 0) is 0 Å². The standard InChI is InChI=1S/C5H8F3NO3/c1-4(12,5(6,7)8)2-9-3(10)11/h9,12H,2H2,1H3,(H,10,11)/t4-/m1/s1. The second-order valence-corrected chi connectivity index (χ2v) is 2.43. The summed E-state index contributed by atoms with van der Waals surface area (Å²) >= 11 is 0. The Morgan fingerprint density at radius 3 is 2.17 bits per heavy atom. The Morgan fingerprint density at radius 1 is 1.50 bits per heavy atom. The number of alkyl halides is 3. The maximum atomic E-state index is 11.8. The summed E-state index contributed by atoms with van der Waals surface area (Å²) in [6.07, 6.45) is -6.45. The van der Waals surface area contributed by atoms with Gasteiger partial charge in [0.15, 0.2) is 5.60 Å². The van der Waals surface area contributed by atoms with Gasteiger partial charge in [0.25, 0.3) is 0 Å². The van der Waals surface area contributed by atoms with Gasteiger partial charge in [-0.2, -0.15) is 13.2 Å². The van der Waals surface area contributed by atoms with Crippen LogP contribution in [0.1, 0.15) is 6.92 Å². The summed E-state index contributed by atoms with van der Waals surface area (Å²) in [6.45, 7) is -0.589. The Bertz CT molecular complexity index is 177. The summed E-state index contributed by atoms with van der Waals surface area (Å²) in [7, 11) is 0. The van der Waals surface area contributed by atoms with Gasteiger partial charge in [0.2, 0.25) is 0 Å². The van der Waals surface area contributed by atoms with Crippen LogP contribution in [-0.4, -0.2) is 34.6 Å². The fourth-order valence-corrected chi connectivity index (χ4v) is 0.348. The van der Waals surface area contributed by atoms with Gasteiger partial charge < -0.3 is 15.5 Å². The minimum absolute atomic E-state index is 0.489. The van der Waals surface area contributed by atoms with Crippen molar-refractivity contribution >= 4 is 6.09 Å². The maximum Gasteiger partial charge on any atom is 0.418 e. The summed E-state index contributed by atoms with van der Waals surface area (Å²) in [4.78, 5) is 9.78. The number of nitrogens with one attached hydrogen (secondary N) is 1. The minimum Gasteiger partial charge on any atom is -0.465 e. The van der Waals surface area contributed by atoms with Gasteiger partial charge in [-0.3, -0.25) is 0 Å². The van der Waals surface area contributed by atoms with Crippen LogP contribution >= 0.6 is 0 Å². The predicted octanol–water partition coefficient (Wildman–Crippen LogP) is 0.567. The van der Waals surface area contributed by atoms with E-state index in [0.29, 0.717) is 6.92 Å². The number of halogens is 3. The predicted molar refractivity (Wildman–Crippen MR) is 32.7 cm³/mol. The molecule has 0 radical (unpaired) electrons. The normalized spacial score (nSPS) is 16.8. The molecule has 3 N–H and O–H groups in total. The first-order valence-electron chi connectivity index (χ1n) is 2.93. The van der Waals surface area contributed by atoms with E-state index < -0.39 is 24.4 Å². The summed E-state index contributed by atoms with van der Waals surface area (Å²) in [5, 5.41) is 18.0. The topological polar surface area (TPSA) is 69.6 Å². The molecule has 0 aliphatic heterocycles. The highest BCUT2D eigenvalue weighted by atomic mass is 19.4. The summed E-state index contributed by atoms with van der Waals surface area (Å²) in [6, 6.07) is 0. The Kier molecular flexibility index (Phi) is 2.92. The zero-order valence-corrected chi connectivity index (χ0v) is 6.14. The molecule has 72 valence electrons. The van der Waals surface area contributed by atoms with Crippen LogP contribution in [0.15, 0.2) is 0 Å². The lowest BCUT2D eigenvalue weighted by atomic mass is 10.1. The summed E-state index contributed by atoms with van der Waals surface area (Å²) in [5.74, 6) is 0. The molecule has 0 saturated carbocycles. The van der Waals surface area contributed by atoms with Crippen LogP contribution in [0.3, 0.4) is 0 Å². The number of carboxylic acid groups (broad SMARTS) is 1. The van der Waals surface area contributed by atoms with E-state index in [1.54, 1.807) is 0 Å². The molecule has 0 rings (SSSR count). The highest BCUT2D eigenvalue weighted by Gasteiger charge is 2.49. The van der Waals surface area contributed by atoms with E-state index >= 15 is 0 Å². The monoisotopic (exact) mass is 187 g/mol. The average molecular weight is 187 g/mol. The second-order valence-electron chi connectivity index (χ2n) is 2.43. The summed E-state index contributed by atoms with van der Waals surface area (Å²) in [5.41, 5.74) is -3.02. The molecule has 0 aromatic rings. The van der Waals surface area contributed by atoms with E-state index in [-0.39, 0.29) is 0 Å². The van der Waals surface area contributed by atoms with E-state index in [1.165, 1.54) is 5.32 Å². The molecule has 0 unspecified atom stereocenters. The SMILES string of the molecule is C[C@@](O)(CNC(=O)O)C(F)(F)F. The molecule has 0 aliphatic rings. The maximum absolute atomic E-state index is 11.8. The van der Waals surface area contributed by atoms with Crippen LogP contribution in [0.5, 0.6) is 0 Å². The fraction of sp³-hybridized carbons (Fsp3) is 0.800. The van der Waals surface area contributed by atoms with E-state index in [1.807, 2.05) is 0 Å². The van der Waals surface area contributed by atoms with Crippen molar-refractivity contribution in [3.05, 3.63) is 0 Å². The Balaban J connectivity index is 4.14. The largest absolute Gasteiger partial charge is 0.465 e. The van der Waals surface area contributed by atoms with Gasteiger partial charge >= 0.3 is 12.3 Å². The van der Waals surface area contributed by atoms with Crippen molar-refractivity contribution in [2.45, 2.75) is 18.7 Å². The number of carbonyl (C=O) groups is 1. The third-order valence-electron chi connectivity index (χ3n) is 1.19. The van der Waals surface area contributed by atoms with Crippen molar-refractivity contribution in [2.24, 2.45) is 0 Å². The fourth-order valence-electron chi connectivity index (χ4n) is 0.348. The van der Waals surface area contributed by atoms with Gasteiger partial charge in [-0.15, -0.1) is 0 Å². The van der Waals surface area contributed by atoms with Crippen LogP contribution in [0, 0.1) is 0 Å². The van der Waals surface area contributed by atoms with E-state index in [0.717, 1.165) is 0 Å². The molecule has 12 heavy (non-hydrogen) atoms. The lowest BCUT2D eigenvalue weighted by Crippen LogP contribution is -2.50. The van der Waals surface area contributed by atoms with E-state index in [2.05, 4.69) is 0 Å². The molecule has 0 aromatic heterocycles. The van der Waals surface area contributed by atoms with Crippen molar-refractivity contribution in [2.75, 3.05) is 6.54 Å². The molecule has 0 spiro atoms. The number of amides is 1. The molecular weight excluding hydrogens is 179 g/mol. The van der Waals surface area contributed by atoms with Crippen molar-refractivity contribution in [3.8, 4) is 0 Å². The molecular formula is C5H8F3NO3.